The van der Waals surface area contributed by atoms with E-state index in [0.29, 0.717) is 22.7 Å². The summed E-state index contributed by atoms with van der Waals surface area (Å²) in [5.41, 5.74) is 8.50. The average Bonchev–Trinajstić information content (AvgIpc) is 2.55. The molecule has 0 heterocycles. The number of hydrogen-bond acceptors (Lipinski definition) is 4. The second-order valence-corrected chi connectivity index (χ2v) is 5.82. The van der Waals surface area contributed by atoms with E-state index < -0.39 is 12.0 Å². The lowest BCUT2D eigenvalue weighted by Gasteiger charge is -2.11. The van der Waals surface area contributed by atoms with Gasteiger partial charge in [-0.1, -0.05) is 35.9 Å². The molecule has 2 aromatic rings. The Balaban J connectivity index is 0.00000312. The Hall–Kier alpha value is -2.08. The SMILES string of the molecule is COC(=O)[C@@H](N)Cc1ccc(NC(=O)c2c(C)cccc2Cl)cc1.Cl. The highest BCUT2D eigenvalue weighted by Crippen LogP contribution is 2.21. The first-order valence-electron chi connectivity index (χ1n) is 7.41. The normalized spacial score (nSPS) is 11.2. The molecule has 7 heteroatoms. The zero-order valence-electron chi connectivity index (χ0n) is 13.9. The van der Waals surface area contributed by atoms with Crippen LogP contribution in [-0.2, 0) is 16.0 Å². The maximum Gasteiger partial charge on any atom is 0.322 e. The molecular weight excluding hydrogens is 363 g/mol. The van der Waals surface area contributed by atoms with Crippen LogP contribution < -0.4 is 11.1 Å². The number of nitrogens with one attached hydrogen (secondary N) is 1. The monoisotopic (exact) mass is 382 g/mol. The van der Waals surface area contributed by atoms with E-state index in [9.17, 15) is 9.59 Å². The molecule has 1 atom stereocenters. The van der Waals surface area contributed by atoms with Gasteiger partial charge >= 0.3 is 5.97 Å². The molecular formula is C18H20Cl2N2O3. The van der Waals surface area contributed by atoms with Crippen molar-refractivity contribution in [1.82, 2.24) is 0 Å². The molecule has 0 saturated heterocycles. The van der Waals surface area contributed by atoms with Crippen LogP contribution in [0.4, 0.5) is 5.69 Å². The number of aryl methyl sites for hydroxylation is 1. The van der Waals surface area contributed by atoms with Crippen molar-refractivity contribution < 1.29 is 14.3 Å². The number of amides is 1. The molecule has 0 fully saturated rings. The summed E-state index contributed by atoms with van der Waals surface area (Å²) in [7, 11) is 1.30. The highest BCUT2D eigenvalue weighted by Gasteiger charge is 2.15. The average molecular weight is 383 g/mol. The smallest absolute Gasteiger partial charge is 0.322 e. The molecule has 0 radical (unpaired) electrons. The Labute approximate surface area is 157 Å². The summed E-state index contributed by atoms with van der Waals surface area (Å²) in [6, 6.07) is 11.7. The van der Waals surface area contributed by atoms with Gasteiger partial charge in [0.05, 0.1) is 17.7 Å². The minimum atomic E-state index is -0.707. The van der Waals surface area contributed by atoms with E-state index in [0.717, 1.165) is 11.1 Å². The molecule has 2 rings (SSSR count). The summed E-state index contributed by atoms with van der Waals surface area (Å²) < 4.78 is 4.60. The fraction of sp³-hybridized carbons (Fsp3) is 0.222. The number of nitrogens with two attached hydrogens (primary N) is 1. The number of hydrogen-bond donors (Lipinski definition) is 2. The summed E-state index contributed by atoms with van der Waals surface area (Å²) >= 11 is 6.10. The van der Waals surface area contributed by atoms with Crippen molar-refractivity contribution >= 4 is 41.6 Å². The van der Waals surface area contributed by atoms with Gasteiger partial charge in [-0.3, -0.25) is 9.59 Å². The number of rotatable bonds is 5. The maximum absolute atomic E-state index is 12.4. The van der Waals surface area contributed by atoms with Gasteiger partial charge in [0, 0.05) is 5.69 Å². The van der Waals surface area contributed by atoms with E-state index in [-0.39, 0.29) is 18.3 Å². The third-order valence-electron chi connectivity index (χ3n) is 3.62. The number of carbonyl (C=O) groups excluding carboxylic acids is 2. The van der Waals surface area contributed by atoms with Gasteiger partial charge in [-0.05, 0) is 42.7 Å². The van der Waals surface area contributed by atoms with Gasteiger partial charge in [-0.25, -0.2) is 0 Å². The van der Waals surface area contributed by atoms with Crippen LogP contribution in [0.1, 0.15) is 21.5 Å². The molecule has 0 aliphatic rings. The Morgan fingerprint density at radius 1 is 1.20 bits per heavy atom. The summed E-state index contributed by atoms with van der Waals surface area (Å²) in [6.07, 6.45) is 0.366. The van der Waals surface area contributed by atoms with Crippen molar-refractivity contribution in [2.24, 2.45) is 5.73 Å². The van der Waals surface area contributed by atoms with Gasteiger partial charge in [0.1, 0.15) is 6.04 Å². The van der Waals surface area contributed by atoms with Crippen molar-refractivity contribution in [2.45, 2.75) is 19.4 Å². The van der Waals surface area contributed by atoms with Crippen LogP contribution >= 0.6 is 24.0 Å². The van der Waals surface area contributed by atoms with Crippen LogP contribution in [0.5, 0.6) is 0 Å². The zero-order chi connectivity index (χ0) is 17.7. The zero-order valence-corrected chi connectivity index (χ0v) is 15.5. The second-order valence-electron chi connectivity index (χ2n) is 5.42. The molecule has 0 saturated carbocycles. The van der Waals surface area contributed by atoms with E-state index in [1.165, 1.54) is 7.11 Å². The summed E-state index contributed by atoms with van der Waals surface area (Å²) in [5, 5.41) is 3.22. The first kappa shape index (κ1) is 21.0. The number of carbonyl (C=O) groups is 2. The summed E-state index contributed by atoms with van der Waals surface area (Å²) in [6.45, 7) is 1.83. The number of halogens is 2. The largest absolute Gasteiger partial charge is 0.468 e. The molecule has 0 aliphatic heterocycles. The van der Waals surface area contributed by atoms with Gasteiger partial charge in [-0.15, -0.1) is 12.4 Å². The van der Waals surface area contributed by atoms with Gasteiger partial charge in [-0.2, -0.15) is 0 Å². The molecule has 0 aromatic heterocycles. The maximum atomic E-state index is 12.4. The Morgan fingerprint density at radius 3 is 2.40 bits per heavy atom. The van der Waals surface area contributed by atoms with Gasteiger partial charge in [0.15, 0.2) is 0 Å². The molecule has 0 spiro atoms. The molecule has 25 heavy (non-hydrogen) atoms. The van der Waals surface area contributed by atoms with Crippen molar-refractivity contribution in [2.75, 3.05) is 12.4 Å². The lowest BCUT2D eigenvalue weighted by molar-refractivity contribution is -0.142. The van der Waals surface area contributed by atoms with Gasteiger partial charge < -0.3 is 15.8 Å². The quantitative estimate of drug-likeness (QED) is 0.776. The molecule has 0 bridgehead atoms. The topological polar surface area (TPSA) is 81.4 Å². The predicted molar refractivity (Wildman–Crippen MR) is 102 cm³/mol. The first-order valence-corrected chi connectivity index (χ1v) is 7.79. The van der Waals surface area contributed by atoms with Crippen LogP contribution in [0.3, 0.4) is 0 Å². The Morgan fingerprint density at radius 2 is 1.84 bits per heavy atom. The molecule has 2 aromatic carbocycles. The lowest BCUT2D eigenvalue weighted by atomic mass is 10.1. The van der Waals surface area contributed by atoms with Crippen LogP contribution in [-0.4, -0.2) is 25.0 Å². The van der Waals surface area contributed by atoms with Crippen molar-refractivity contribution in [3.8, 4) is 0 Å². The number of methoxy groups -OCH3 is 1. The standard InChI is InChI=1S/C18H19ClN2O3.ClH/c1-11-4-3-5-14(19)16(11)17(22)21-13-8-6-12(7-9-13)10-15(20)18(23)24-2;/h3-9,15H,10,20H2,1-2H3,(H,21,22);1H/t15-;/m0./s1. The fourth-order valence-corrected chi connectivity index (χ4v) is 2.63. The third-order valence-corrected chi connectivity index (χ3v) is 3.94. The third kappa shape index (κ3) is 5.46. The highest BCUT2D eigenvalue weighted by atomic mass is 35.5. The van der Waals surface area contributed by atoms with Crippen LogP contribution in [0.2, 0.25) is 5.02 Å². The minimum Gasteiger partial charge on any atom is -0.468 e. The summed E-state index contributed by atoms with van der Waals surface area (Å²) in [5.74, 6) is -0.723. The molecule has 0 unspecified atom stereocenters. The van der Waals surface area contributed by atoms with Crippen molar-refractivity contribution in [3.63, 3.8) is 0 Å². The predicted octanol–water partition coefficient (Wildman–Crippen LogP) is 3.37. The summed E-state index contributed by atoms with van der Waals surface area (Å²) in [4.78, 5) is 23.7. The number of esters is 1. The first-order chi connectivity index (χ1) is 11.4. The molecule has 3 N–H and O–H groups in total. The van der Waals surface area contributed by atoms with Crippen molar-refractivity contribution in [1.29, 1.82) is 0 Å². The second kappa shape index (κ2) is 9.42. The van der Waals surface area contributed by atoms with Crippen LogP contribution in [0.15, 0.2) is 42.5 Å². The van der Waals surface area contributed by atoms with Gasteiger partial charge in [0.2, 0.25) is 0 Å². The van der Waals surface area contributed by atoms with Crippen LogP contribution in [0.25, 0.3) is 0 Å². The van der Waals surface area contributed by atoms with E-state index in [4.69, 9.17) is 17.3 Å². The van der Waals surface area contributed by atoms with E-state index in [1.807, 2.05) is 13.0 Å². The van der Waals surface area contributed by atoms with Crippen molar-refractivity contribution in [3.05, 3.63) is 64.2 Å². The Bertz CT molecular complexity index is 728. The van der Waals surface area contributed by atoms with E-state index >= 15 is 0 Å². The minimum absolute atomic E-state index is 0. The molecule has 134 valence electrons. The molecule has 5 nitrogen and oxygen atoms in total. The lowest BCUT2D eigenvalue weighted by Crippen LogP contribution is -2.33. The molecule has 1 amide bonds. The van der Waals surface area contributed by atoms with E-state index in [2.05, 4.69) is 10.1 Å². The van der Waals surface area contributed by atoms with Crippen LogP contribution in [0, 0.1) is 6.92 Å². The fourth-order valence-electron chi connectivity index (χ4n) is 2.33. The number of benzene rings is 2. The molecule has 0 aliphatic carbocycles. The number of anilines is 1. The highest BCUT2D eigenvalue weighted by molar-refractivity contribution is 6.34. The van der Waals surface area contributed by atoms with Gasteiger partial charge in [0.25, 0.3) is 5.91 Å². The Kier molecular flexibility index (Phi) is 7.90. The van der Waals surface area contributed by atoms with E-state index in [1.54, 1.807) is 36.4 Å². The number of ether oxygens (including phenoxy) is 1.